The van der Waals surface area contributed by atoms with Crippen LogP contribution in [0.1, 0.15) is 43.3 Å². The molecule has 1 N–H and O–H groups in total. The topological polar surface area (TPSA) is 28.2 Å². The molecule has 102 valence electrons. The van der Waals surface area contributed by atoms with Gasteiger partial charge in [0, 0.05) is 24.0 Å². The Bertz CT molecular complexity index is 369. The van der Waals surface area contributed by atoms with Crippen molar-refractivity contribution in [1.82, 2.24) is 15.2 Å². The van der Waals surface area contributed by atoms with Gasteiger partial charge in [-0.05, 0) is 39.8 Å². The van der Waals surface area contributed by atoms with Crippen molar-refractivity contribution in [3.8, 4) is 0 Å². The highest BCUT2D eigenvalue weighted by molar-refractivity contribution is 7.09. The third kappa shape index (κ3) is 3.53. The average molecular weight is 267 g/mol. The molecule has 1 unspecified atom stereocenters. The first kappa shape index (κ1) is 14.0. The number of aromatic nitrogens is 1. The highest BCUT2D eigenvalue weighted by Gasteiger charge is 2.33. The molecule has 0 aliphatic carbocycles. The SMILES string of the molecule is CCCC1(CN(C)Cc2csc(C)n2)CCCN1. The van der Waals surface area contributed by atoms with E-state index in [0.29, 0.717) is 5.54 Å². The van der Waals surface area contributed by atoms with Crippen LogP contribution in [0.3, 0.4) is 0 Å². The molecule has 3 nitrogen and oxygen atoms in total. The molecule has 1 saturated heterocycles. The lowest BCUT2D eigenvalue weighted by Crippen LogP contribution is -2.48. The van der Waals surface area contributed by atoms with E-state index in [1.54, 1.807) is 11.3 Å². The van der Waals surface area contributed by atoms with Gasteiger partial charge < -0.3 is 5.32 Å². The van der Waals surface area contributed by atoms with Gasteiger partial charge in [-0.2, -0.15) is 0 Å². The van der Waals surface area contributed by atoms with Crippen molar-refractivity contribution in [3.05, 3.63) is 16.1 Å². The van der Waals surface area contributed by atoms with Crippen LogP contribution < -0.4 is 5.32 Å². The summed E-state index contributed by atoms with van der Waals surface area (Å²) in [6, 6.07) is 0. The Kier molecular flexibility index (Phi) is 4.76. The predicted molar refractivity (Wildman–Crippen MR) is 78.1 cm³/mol. The van der Waals surface area contributed by atoms with E-state index in [4.69, 9.17) is 0 Å². The number of nitrogens with zero attached hydrogens (tertiary/aromatic N) is 2. The maximum absolute atomic E-state index is 4.55. The molecular weight excluding hydrogens is 242 g/mol. The van der Waals surface area contributed by atoms with Crippen molar-refractivity contribution in [2.75, 3.05) is 20.1 Å². The molecule has 1 aromatic heterocycles. The van der Waals surface area contributed by atoms with Gasteiger partial charge in [0.05, 0.1) is 10.7 Å². The van der Waals surface area contributed by atoms with Crippen LogP contribution in [-0.4, -0.2) is 35.6 Å². The minimum atomic E-state index is 0.356. The summed E-state index contributed by atoms with van der Waals surface area (Å²) in [6.07, 6.45) is 5.19. The molecule has 1 fully saturated rings. The summed E-state index contributed by atoms with van der Waals surface area (Å²) in [4.78, 5) is 6.97. The maximum Gasteiger partial charge on any atom is 0.0897 e. The van der Waals surface area contributed by atoms with Gasteiger partial charge in [-0.1, -0.05) is 13.3 Å². The van der Waals surface area contributed by atoms with E-state index < -0.39 is 0 Å². The number of hydrogen-bond donors (Lipinski definition) is 1. The largest absolute Gasteiger partial charge is 0.310 e. The number of aryl methyl sites for hydroxylation is 1. The van der Waals surface area contributed by atoms with Crippen LogP contribution in [0.4, 0.5) is 0 Å². The lowest BCUT2D eigenvalue weighted by molar-refractivity contribution is 0.206. The number of rotatable bonds is 6. The van der Waals surface area contributed by atoms with Crippen LogP contribution in [-0.2, 0) is 6.54 Å². The summed E-state index contributed by atoms with van der Waals surface area (Å²) in [5.74, 6) is 0. The van der Waals surface area contributed by atoms with Gasteiger partial charge in [0.15, 0.2) is 0 Å². The Hall–Kier alpha value is -0.450. The molecule has 2 heterocycles. The van der Waals surface area contributed by atoms with Gasteiger partial charge in [0.1, 0.15) is 0 Å². The predicted octanol–water partition coefficient (Wildman–Crippen LogP) is 2.81. The zero-order chi connectivity index (χ0) is 13.0. The molecule has 18 heavy (non-hydrogen) atoms. The van der Waals surface area contributed by atoms with Crippen molar-refractivity contribution in [3.63, 3.8) is 0 Å². The van der Waals surface area contributed by atoms with E-state index >= 15 is 0 Å². The molecule has 1 atom stereocenters. The van der Waals surface area contributed by atoms with Crippen LogP contribution in [0.5, 0.6) is 0 Å². The van der Waals surface area contributed by atoms with Gasteiger partial charge >= 0.3 is 0 Å². The van der Waals surface area contributed by atoms with E-state index in [0.717, 1.165) is 13.1 Å². The Morgan fingerprint density at radius 1 is 1.56 bits per heavy atom. The third-order valence-corrected chi connectivity index (χ3v) is 4.55. The number of hydrogen-bond acceptors (Lipinski definition) is 4. The van der Waals surface area contributed by atoms with E-state index in [9.17, 15) is 0 Å². The van der Waals surface area contributed by atoms with Gasteiger partial charge in [0.25, 0.3) is 0 Å². The second kappa shape index (κ2) is 6.13. The average Bonchev–Trinajstić information content (AvgIpc) is 2.89. The molecule has 0 amide bonds. The van der Waals surface area contributed by atoms with Crippen LogP contribution in [0.2, 0.25) is 0 Å². The first-order valence-electron chi connectivity index (χ1n) is 6.98. The van der Waals surface area contributed by atoms with E-state index in [2.05, 4.69) is 41.5 Å². The Balaban J connectivity index is 1.90. The van der Waals surface area contributed by atoms with Crippen molar-refractivity contribution < 1.29 is 0 Å². The van der Waals surface area contributed by atoms with Gasteiger partial charge in [-0.25, -0.2) is 4.98 Å². The Morgan fingerprint density at radius 3 is 2.94 bits per heavy atom. The monoisotopic (exact) mass is 267 g/mol. The Morgan fingerprint density at radius 2 is 2.39 bits per heavy atom. The molecule has 0 saturated carbocycles. The summed E-state index contributed by atoms with van der Waals surface area (Å²) in [6.45, 7) is 7.65. The summed E-state index contributed by atoms with van der Waals surface area (Å²) < 4.78 is 0. The van der Waals surface area contributed by atoms with Crippen LogP contribution in [0, 0.1) is 6.92 Å². The fourth-order valence-corrected chi connectivity index (χ4v) is 3.71. The minimum Gasteiger partial charge on any atom is -0.310 e. The molecule has 0 aromatic carbocycles. The quantitative estimate of drug-likeness (QED) is 0.859. The summed E-state index contributed by atoms with van der Waals surface area (Å²) in [5.41, 5.74) is 1.57. The maximum atomic E-state index is 4.55. The molecular formula is C14H25N3S. The molecule has 4 heteroatoms. The van der Waals surface area contributed by atoms with Crippen molar-refractivity contribution >= 4 is 11.3 Å². The molecule has 0 radical (unpaired) electrons. The highest BCUT2D eigenvalue weighted by atomic mass is 32.1. The lowest BCUT2D eigenvalue weighted by atomic mass is 9.91. The number of nitrogens with one attached hydrogen (secondary N) is 1. The molecule has 1 aliphatic rings. The highest BCUT2D eigenvalue weighted by Crippen LogP contribution is 2.26. The van der Waals surface area contributed by atoms with Gasteiger partial charge in [-0.3, -0.25) is 4.90 Å². The fraction of sp³-hybridized carbons (Fsp3) is 0.786. The molecule has 0 spiro atoms. The normalized spacial score (nSPS) is 24.0. The Labute approximate surface area is 115 Å². The van der Waals surface area contributed by atoms with Gasteiger partial charge in [0.2, 0.25) is 0 Å². The lowest BCUT2D eigenvalue weighted by Gasteiger charge is -2.33. The molecule has 1 aliphatic heterocycles. The second-order valence-corrected chi connectivity index (χ2v) is 6.65. The fourth-order valence-electron chi connectivity index (χ4n) is 3.10. The van der Waals surface area contributed by atoms with Crippen LogP contribution in [0.25, 0.3) is 0 Å². The van der Waals surface area contributed by atoms with Gasteiger partial charge in [-0.15, -0.1) is 11.3 Å². The van der Waals surface area contributed by atoms with E-state index in [-0.39, 0.29) is 0 Å². The summed E-state index contributed by atoms with van der Waals surface area (Å²) in [7, 11) is 2.21. The zero-order valence-electron chi connectivity index (χ0n) is 11.8. The van der Waals surface area contributed by atoms with Crippen molar-refractivity contribution in [2.45, 2.75) is 51.6 Å². The molecule has 2 rings (SSSR count). The van der Waals surface area contributed by atoms with Crippen LogP contribution >= 0.6 is 11.3 Å². The molecule has 1 aromatic rings. The van der Waals surface area contributed by atoms with Crippen molar-refractivity contribution in [2.24, 2.45) is 0 Å². The summed E-state index contributed by atoms with van der Waals surface area (Å²) >= 11 is 1.75. The molecule has 0 bridgehead atoms. The standard InChI is InChI=1S/C14H25N3S/c1-4-6-14(7-5-8-15-14)11-17(3)9-13-10-18-12(2)16-13/h10,15H,4-9,11H2,1-3H3. The third-order valence-electron chi connectivity index (χ3n) is 3.73. The first-order chi connectivity index (χ1) is 8.63. The zero-order valence-corrected chi connectivity index (χ0v) is 12.6. The number of thiazole rings is 1. The van der Waals surface area contributed by atoms with E-state index in [1.165, 1.54) is 42.9 Å². The van der Waals surface area contributed by atoms with Crippen molar-refractivity contribution in [1.29, 1.82) is 0 Å². The smallest absolute Gasteiger partial charge is 0.0897 e. The first-order valence-corrected chi connectivity index (χ1v) is 7.86. The summed E-state index contributed by atoms with van der Waals surface area (Å²) in [5, 5.41) is 7.08. The van der Waals surface area contributed by atoms with Crippen LogP contribution in [0.15, 0.2) is 5.38 Å². The second-order valence-electron chi connectivity index (χ2n) is 5.59. The minimum absolute atomic E-state index is 0.356. The number of likely N-dealkylation sites (N-methyl/N-ethyl adjacent to an activating group) is 1. The van der Waals surface area contributed by atoms with E-state index in [1.807, 2.05) is 0 Å².